The van der Waals surface area contributed by atoms with E-state index in [1.54, 1.807) is 0 Å². The van der Waals surface area contributed by atoms with Gasteiger partial charge in [-0.15, -0.1) is 5.10 Å². The molecule has 1 aliphatic heterocycles. The molecule has 3 aromatic heterocycles. The summed E-state index contributed by atoms with van der Waals surface area (Å²) in [7, 11) is 0. The molecular weight excluding hydrogens is 346 g/mol. The van der Waals surface area contributed by atoms with Crippen molar-refractivity contribution in [3.8, 4) is 11.5 Å². The predicted molar refractivity (Wildman–Crippen MR) is 97.0 cm³/mol. The minimum absolute atomic E-state index is 0.188. The van der Waals surface area contributed by atoms with Crippen LogP contribution in [0.5, 0.6) is 0 Å². The van der Waals surface area contributed by atoms with Crippen molar-refractivity contribution >= 4 is 22.8 Å². The number of H-pyrrole nitrogens is 1. The maximum absolute atomic E-state index is 12.5. The fraction of sp³-hybridized carbons (Fsp3) is 0.167. The van der Waals surface area contributed by atoms with Crippen molar-refractivity contribution in [3.63, 3.8) is 0 Å². The van der Waals surface area contributed by atoms with Crippen LogP contribution < -0.4 is 5.32 Å². The van der Waals surface area contributed by atoms with Crippen molar-refractivity contribution in [1.82, 2.24) is 29.7 Å². The highest BCUT2D eigenvalue weighted by atomic mass is 16.5. The first-order valence-corrected chi connectivity index (χ1v) is 8.50. The van der Waals surface area contributed by atoms with Crippen LogP contribution in [0.1, 0.15) is 16.3 Å². The van der Waals surface area contributed by atoms with Gasteiger partial charge in [0.25, 0.3) is 5.91 Å². The Morgan fingerprint density at radius 3 is 3.07 bits per heavy atom. The number of benzene rings is 1. The van der Waals surface area contributed by atoms with Crippen LogP contribution in [0.15, 0.2) is 42.6 Å². The Balaban J connectivity index is 1.38. The number of nitrogens with one attached hydrogen (secondary N) is 2. The zero-order valence-corrected chi connectivity index (χ0v) is 14.2. The number of pyridine rings is 1. The number of ether oxygens (including phenoxy) is 1. The average Bonchev–Trinajstić information content (AvgIpc) is 3.34. The molecule has 1 aromatic carbocycles. The maximum atomic E-state index is 12.5. The molecule has 0 saturated heterocycles. The molecule has 5 rings (SSSR count). The molecule has 4 heterocycles. The van der Waals surface area contributed by atoms with Gasteiger partial charge < -0.3 is 9.30 Å². The van der Waals surface area contributed by atoms with E-state index in [-0.39, 0.29) is 11.9 Å². The van der Waals surface area contributed by atoms with E-state index in [9.17, 15) is 4.79 Å². The van der Waals surface area contributed by atoms with Gasteiger partial charge in [-0.05, 0) is 12.1 Å². The lowest BCUT2D eigenvalue weighted by Crippen LogP contribution is -2.23. The van der Waals surface area contributed by atoms with Crippen LogP contribution in [0, 0.1) is 0 Å². The largest absolute Gasteiger partial charge is 0.372 e. The smallest absolute Gasteiger partial charge is 0.276 e. The molecule has 0 saturated carbocycles. The molecule has 0 unspecified atom stereocenters. The number of anilines is 1. The van der Waals surface area contributed by atoms with Crippen molar-refractivity contribution in [1.29, 1.82) is 0 Å². The summed E-state index contributed by atoms with van der Waals surface area (Å²) in [5.74, 6) is 1.10. The first-order valence-electron chi connectivity index (χ1n) is 8.50. The highest BCUT2D eigenvalue weighted by molar-refractivity contribution is 6.02. The molecule has 9 heteroatoms. The molecule has 1 aliphatic rings. The van der Waals surface area contributed by atoms with Gasteiger partial charge in [-0.25, -0.2) is 9.97 Å². The van der Waals surface area contributed by atoms with Crippen LogP contribution in [-0.2, 0) is 17.9 Å². The van der Waals surface area contributed by atoms with Gasteiger partial charge in [0, 0.05) is 11.9 Å². The van der Waals surface area contributed by atoms with E-state index in [0.29, 0.717) is 37.0 Å². The average molecular weight is 361 g/mol. The topological polar surface area (TPSA) is 111 Å². The number of carbonyl (C=O) groups excluding carboxylic acids is 1. The fourth-order valence-electron chi connectivity index (χ4n) is 3.08. The number of nitrogens with zero attached hydrogens (tertiary/aromatic N) is 5. The molecule has 0 radical (unpaired) electrons. The number of para-hydroxylation sites is 1. The molecule has 0 aliphatic carbocycles. The number of carbonyl (C=O) groups is 1. The SMILES string of the molecule is O=C(Nc1n[nH]c(-c2ccc3ccccc3n2)n1)c1cnc2n1CCOC2. The van der Waals surface area contributed by atoms with Gasteiger partial charge in [0.1, 0.15) is 23.8 Å². The first kappa shape index (κ1) is 15.6. The van der Waals surface area contributed by atoms with E-state index in [1.165, 1.54) is 6.20 Å². The minimum atomic E-state index is -0.312. The third-order valence-electron chi connectivity index (χ3n) is 4.41. The summed E-state index contributed by atoms with van der Waals surface area (Å²) < 4.78 is 7.18. The highest BCUT2D eigenvalue weighted by Crippen LogP contribution is 2.19. The molecule has 0 fully saturated rings. The van der Waals surface area contributed by atoms with Crippen LogP contribution >= 0.6 is 0 Å². The van der Waals surface area contributed by atoms with Crippen LogP contribution in [-0.4, -0.2) is 42.2 Å². The number of rotatable bonds is 3. The van der Waals surface area contributed by atoms with E-state index >= 15 is 0 Å². The monoisotopic (exact) mass is 361 g/mol. The zero-order chi connectivity index (χ0) is 18.2. The summed E-state index contributed by atoms with van der Waals surface area (Å²) in [6.07, 6.45) is 1.54. The standard InChI is InChI=1S/C18H15N7O2/c26-17(14-9-19-15-10-27-8-7-25(14)15)22-18-21-16(23-24-18)13-6-5-11-3-1-2-4-12(11)20-13/h1-6,9H,7-8,10H2,(H2,21,22,23,24,26). The van der Waals surface area contributed by atoms with E-state index in [1.807, 2.05) is 41.0 Å². The number of amides is 1. The molecule has 4 aromatic rings. The van der Waals surface area contributed by atoms with Crippen molar-refractivity contribution in [3.05, 3.63) is 54.1 Å². The highest BCUT2D eigenvalue weighted by Gasteiger charge is 2.20. The number of fused-ring (bicyclic) bond motifs is 2. The van der Waals surface area contributed by atoms with E-state index in [0.717, 1.165) is 16.7 Å². The molecular formula is C18H15N7O2. The predicted octanol–water partition coefficient (Wildman–Crippen LogP) is 2.00. The fourth-order valence-corrected chi connectivity index (χ4v) is 3.08. The second kappa shape index (κ2) is 6.29. The Hall–Kier alpha value is -3.59. The lowest BCUT2D eigenvalue weighted by molar-refractivity contribution is 0.0791. The molecule has 9 nitrogen and oxygen atoms in total. The van der Waals surface area contributed by atoms with Crippen LogP contribution in [0.3, 0.4) is 0 Å². The summed E-state index contributed by atoms with van der Waals surface area (Å²) in [4.78, 5) is 25.7. The number of aromatic amines is 1. The minimum Gasteiger partial charge on any atom is -0.372 e. The van der Waals surface area contributed by atoms with Crippen molar-refractivity contribution in [2.75, 3.05) is 11.9 Å². The quantitative estimate of drug-likeness (QED) is 0.577. The van der Waals surface area contributed by atoms with Gasteiger partial charge in [-0.1, -0.05) is 24.3 Å². The number of imidazole rings is 1. The molecule has 0 spiro atoms. The third-order valence-corrected chi connectivity index (χ3v) is 4.41. The molecule has 0 atom stereocenters. The number of aromatic nitrogens is 6. The second-order valence-corrected chi connectivity index (χ2v) is 6.11. The molecule has 2 N–H and O–H groups in total. The summed E-state index contributed by atoms with van der Waals surface area (Å²) in [5.41, 5.74) is 1.98. The van der Waals surface area contributed by atoms with Gasteiger partial charge in [0.05, 0.1) is 18.3 Å². The lowest BCUT2D eigenvalue weighted by atomic mass is 10.2. The Kier molecular flexibility index (Phi) is 3.65. The van der Waals surface area contributed by atoms with Gasteiger partial charge >= 0.3 is 0 Å². The summed E-state index contributed by atoms with van der Waals surface area (Å²) in [5, 5.41) is 10.6. The maximum Gasteiger partial charge on any atom is 0.276 e. The van der Waals surface area contributed by atoms with Crippen molar-refractivity contribution in [2.24, 2.45) is 0 Å². The Bertz CT molecular complexity index is 1150. The van der Waals surface area contributed by atoms with Gasteiger partial charge in [-0.3, -0.25) is 15.2 Å². The third kappa shape index (κ3) is 2.83. The van der Waals surface area contributed by atoms with Crippen LogP contribution in [0.25, 0.3) is 22.4 Å². The van der Waals surface area contributed by atoms with Gasteiger partial charge in [-0.2, -0.15) is 4.98 Å². The Morgan fingerprint density at radius 1 is 1.19 bits per heavy atom. The second-order valence-electron chi connectivity index (χ2n) is 6.11. The first-order chi connectivity index (χ1) is 13.3. The Labute approximate surface area is 153 Å². The number of hydrogen-bond donors (Lipinski definition) is 2. The Morgan fingerprint density at radius 2 is 2.11 bits per heavy atom. The lowest BCUT2D eigenvalue weighted by Gasteiger charge is -2.16. The van der Waals surface area contributed by atoms with Crippen LogP contribution in [0.2, 0.25) is 0 Å². The van der Waals surface area contributed by atoms with E-state index < -0.39 is 0 Å². The normalized spacial score (nSPS) is 13.5. The van der Waals surface area contributed by atoms with E-state index in [2.05, 4.69) is 30.5 Å². The summed E-state index contributed by atoms with van der Waals surface area (Å²) >= 11 is 0. The molecule has 1 amide bonds. The summed E-state index contributed by atoms with van der Waals surface area (Å²) in [6.45, 7) is 1.56. The van der Waals surface area contributed by atoms with Crippen LogP contribution in [0.4, 0.5) is 5.95 Å². The van der Waals surface area contributed by atoms with Crippen molar-refractivity contribution < 1.29 is 9.53 Å². The zero-order valence-electron chi connectivity index (χ0n) is 14.2. The number of hydrogen-bond acceptors (Lipinski definition) is 6. The van der Waals surface area contributed by atoms with E-state index in [4.69, 9.17) is 4.74 Å². The molecule has 134 valence electrons. The summed E-state index contributed by atoms with van der Waals surface area (Å²) in [6, 6.07) is 11.7. The van der Waals surface area contributed by atoms with Crippen molar-refractivity contribution in [2.45, 2.75) is 13.2 Å². The molecule has 27 heavy (non-hydrogen) atoms. The van der Waals surface area contributed by atoms with Gasteiger partial charge in [0.2, 0.25) is 5.95 Å². The molecule has 0 bridgehead atoms. The van der Waals surface area contributed by atoms with Gasteiger partial charge in [0.15, 0.2) is 5.82 Å².